The number of hydrogen-bond donors (Lipinski definition) is 1. The Kier molecular flexibility index (Phi) is 4.84. The van der Waals surface area contributed by atoms with Crippen molar-refractivity contribution >= 4 is 16.9 Å². The van der Waals surface area contributed by atoms with Gasteiger partial charge in [-0.05, 0) is 37.3 Å². The molecule has 0 aliphatic carbocycles. The summed E-state index contributed by atoms with van der Waals surface area (Å²) in [6.45, 7) is -4.19. The number of imidazole rings is 1. The number of aromatic nitrogens is 2. The SMILES string of the molecule is [2H]C([2H])([2H])N1C(=O)c2cccc(OC(F)F)c2[C@H]2C[C@@H]1c1nc3ccc(C#CCOC(C)CO)cc3n12. The van der Waals surface area contributed by atoms with E-state index in [1.165, 1.54) is 18.2 Å². The molecule has 3 heterocycles. The Bertz CT molecular complexity index is 1430. The third-order valence-electron chi connectivity index (χ3n) is 6.08. The molecule has 9 heteroatoms. The normalized spacial score (nSPS) is 21.1. The van der Waals surface area contributed by atoms with Crippen LogP contribution in [0.25, 0.3) is 11.0 Å². The molecule has 0 saturated carbocycles. The van der Waals surface area contributed by atoms with Crippen molar-refractivity contribution in [1.29, 1.82) is 0 Å². The molecule has 2 bridgehead atoms. The molecule has 7 nitrogen and oxygen atoms in total. The number of halogens is 2. The molecule has 1 amide bonds. The average Bonchev–Trinajstić information content (AvgIpc) is 3.33. The van der Waals surface area contributed by atoms with Crippen LogP contribution in [0.1, 0.15) is 56.8 Å². The molecule has 2 aromatic carbocycles. The van der Waals surface area contributed by atoms with Crippen LogP contribution in [-0.2, 0) is 4.74 Å². The fourth-order valence-corrected chi connectivity index (χ4v) is 4.56. The van der Waals surface area contributed by atoms with Gasteiger partial charge in [0, 0.05) is 34.2 Å². The molecule has 34 heavy (non-hydrogen) atoms. The fraction of sp³-hybridized carbons (Fsp3) is 0.360. The number of rotatable bonds is 5. The van der Waals surface area contributed by atoms with E-state index in [1.807, 2.05) is 0 Å². The maximum atomic E-state index is 13.4. The molecular weight excluding hydrogens is 444 g/mol. The quantitative estimate of drug-likeness (QED) is 0.578. The Morgan fingerprint density at radius 3 is 2.94 bits per heavy atom. The number of amides is 1. The number of nitrogens with zero attached hydrogens (tertiary/aromatic N) is 3. The Morgan fingerprint density at radius 2 is 2.18 bits per heavy atom. The summed E-state index contributed by atoms with van der Waals surface area (Å²) < 4.78 is 62.7. The summed E-state index contributed by atoms with van der Waals surface area (Å²) in [7, 11) is 0. The van der Waals surface area contributed by atoms with Gasteiger partial charge in [0.25, 0.3) is 5.91 Å². The molecule has 0 spiro atoms. The van der Waals surface area contributed by atoms with Crippen molar-refractivity contribution in [3.05, 3.63) is 58.9 Å². The molecule has 5 rings (SSSR count). The van der Waals surface area contributed by atoms with Gasteiger partial charge in [-0.1, -0.05) is 17.9 Å². The Morgan fingerprint density at radius 1 is 1.32 bits per heavy atom. The van der Waals surface area contributed by atoms with E-state index in [2.05, 4.69) is 16.8 Å². The third-order valence-corrected chi connectivity index (χ3v) is 6.08. The number of hydrogen-bond acceptors (Lipinski definition) is 5. The Hall–Kier alpha value is -3.48. The topological polar surface area (TPSA) is 76.8 Å². The molecule has 0 saturated heterocycles. The number of carbonyl (C=O) groups is 1. The molecule has 3 atom stereocenters. The number of alkyl halides is 2. The van der Waals surface area contributed by atoms with Gasteiger partial charge in [0.15, 0.2) is 0 Å². The summed E-state index contributed by atoms with van der Waals surface area (Å²) in [4.78, 5) is 18.9. The second kappa shape index (κ2) is 8.70. The van der Waals surface area contributed by atoms with E-state index in [-0.39, 0.29) is 42.6 Å². The lowest BCUT2D eigenvalue weighted by molar-refractivity contribution is -0.0507. The summed E-state index contributed by atoms with van der Waals surface area (Å²) >= 11 is 0. The summed E-state index contributed by atoms with van der Waals surface area (Å²) in [5.41, 5.74) is 2.01. The standard InChI is InChI=1S/C25H23F2N3O4/c1-14(13-31)33-10-4-5-15-8-9-17-18(11-15)30-19-12-20(23(30)28-17)29(2)24(32)16-6-3-7-21(22(16)19)34-25(26)27/h3,6-9,11,14,19-20,25,31H,10,12-13H2,1-2H3/t14?,19-,20-/m1/s1/i2D3. The summed E-state index contributed by atoms with van der Waals surface area (Å²) in [6.07, 6.45) is -0.200. The monoisotopic (exact) mass is 470 g/mol. The van der Waals surface area contributed by atoms with Gasteiger partial charge in [-0.2, -0.15) is 8.78 Å². The molecule has 0 radical (unpaired) electrons. The van der Waals surface area contributed by atoms with Crippen LogP contribution in [0.2, 0.25) is 0 Å². The first-order valence-corrected chi connectivity index (χ1v) is 10.7. The first-order valence-electron chi connectivity index (χ1n) is 12.2. The van der Waals surface area contributed by atoms with E-state index in [1.54, 1.807) is 29.7 Å². The first kappa shape index (κ1) is 18.9. The summed E-state index contributed by atoms with van der Waals surface area (Å²) in [5.74, 6) is 5.26. The van der Waals surface area contributed by atoms with E-state index in [4.69, 9.17) is 18.7 Å². The van der Waals surface area contributed by atoms with Gasteiger partial charge in [-0.25, -0.2) is 4.98 Å². The molecule has 1 aromatic heterocycles. The minimum absolute atomic E-state index is 0.000346. The van der Waals surface area contributed by atoms with Gasteiger partial charge < -0.3 is 24.0 Å². The highest BCUT2D eigenvalue weighted by atomic mass is 19.3. The summed E-state index contributed by atoms with van der Waals surface area (Å²) in [5, 5.41) is 9.06. The zero-order chi connectivity index (χ0) is 26.5. The van der Waals surface area contributed by atoms with Crippen molar-refractivity contribution in [2.45, 2.75) is 38.1 Å². The first-order chi connectivity index (χ1) is 17.6. The molecular formula is C25H23F2N3O4. The van der Waals surface area contributed by atoms with Crippen LogP contribution in [-0.4, -0.2) is 58.4 Å². The van der Waals surface area contributed by atoms with Crippen LogP contribution < -0.4 is 4.74 Å². The lowest BCUT2D eigenvalue weighted by Crippen LogP contribution is -2.30. The van der Waals surface area contributed by atoms with Crippen LogP contribution in [0, 0.1) is 11.8 Å². The number of fused-ring (bicyclic) bond motifs is 9. The zero-order valence-electron chi connectivity index (χ0n) is 21.2. The number of carbonyl (C=O) groups excluding carboxylic acids is 1. The van der Waals surface area contributed by atoms with Crippen LogP contribution in [0.3, 0.4) is 0 Å². The number of ether oxygens (including phenoxy) is 2. The van der Waals surface area contributed by atoms with E-state index >= 15 is 0 Å². The highest BCUT2D eigenvalue weighted by molar-refractivity contribution is 5.97. The van der Waals surface area contributed by atoms with Gasteiger partial charge in [-0.3, -0.25) is 4.79 Å². The number of aliphatic hydroxyl groups excluding tert-OH is 1. The van der Waals surface area contributed by atoms with E-state index in [9.17, 15) is 13.6 Å². The van der Waals surface area contributed by atoms with E-state index in [0.717, 1.165) is 4.90 Å². The van der Waals surface area contributed by atoms with Crippen LogP contribution in [0.4, 0.5) is 8.78 Å². The minimum Gasteiger partial charge on any atom is -0.434 e. The van der Waals surface area contributed by atoms with Crippen molar-refractivity contribution in [3.8, 4) is 17.6 Å². The second-order valence-electron chi connectivity index (χ2n) is 8.19. The summed E-state index contributed by atoms with van der Waals surface area (Å²) in [6, 6.07) is 7.88. The largest absolute Gasteiger partial charge is 0.434 e. The Labute approximate surface area is 199 Å². The van der Waals surface area contributed by atoms with Crippen molar-refractivity contribution in [3.63, 3.8) is 0 Å². The smallest absolute Gasteiger partial charge is 0.387 e. The van der Waals surface area contributed by atoms with Crippen LogP contribution >= 0.6 is 0 Å². The maximum Gasteiger partial charge on any atom is 0.387 e. The van der Waals surface area contributed by atoms with Gasteiger partial charge in [0.2, 0.25) is 0 Å². The highest BCUT2D eigenvalue weighted by Crippen LogP contribution is 2.49. The molecule has 0 fully saturated rings. The van der Waals surface area contributed by atoms with Gasteiger partial charge in [0.05, 0.1) is 35.8 Å². The Balaban J connectivity index is 1.67. The van der Waals surface area contributed by atoms with Gasteiger partial charge in [-0.15, -0.1) is 0 Å². The number of aliphatic hydroxyl groups is 1. The van der Waals surface area contributed by atoms with Gasteiger partial charge in [0.1, 0.15) is 18.2 Å². The van der Waals surface area contributed by atoms with Crippen molar-refractivity contribution in [2.24, 2.45) is 0 Å². The molecule has 3 aromatic rings. The molecule has 1 unspecified atom stereocenters. The average molecular weight is 470 g/mol. The second-order valence-corrected chi connectivity index (χ2v) is 8.19. The predicted molar refractivity (Wildman–Crippen MR) is 120 cm³/mol. The van der Waals surface area contributed by atoms with Crippen molar-refractivity contribution in [1.82, 2.24) is 14.5 Å². The molecule has 2 aliphatic heterocycles. The van der Waals surface area contributed by atoms with E-state index < -0.39 is 31.6 Å². The van der Waals surface area contributed by atoms with Crippen LogP contribution in [0.15, 0.2) is 36.4 Å². The van der Waals surface area contributed by atoms with Gasteiger partial charge >= 0.3 is 6.61 Å². The molecule has 1 N–H and O–H groups in total. The molecule has 176 valence electrons. The lowest BCUT2D eigenvalue weighted by Gasteiger charge is -2.24. The van der Waals surface area contributed by atoms with Crippen molar-refractivity contribution in [2.75, 3.05) is 20.2 Å². The number of benzene rings is 2. The lowest BCUT2D eigenvalue weighted by atomic mass is 9.97. The third kappa shape index (κ3) is 3.69. The molecule has 2 aliphatic rings. The highest BCUT2D eigenvalue weighted by Gasteiger charge is 2.44. The zero-order valence-corrected chi connectivity index (χ0v) is 18.2. The maximum absolute atomic E-state index is 13.4. The van der Waals surface area contributed by atoms with Crippen molar-refractivity contribution < 1.29 is 32.3 Å². The van der Waals surface area contributed by atoms with E-state index in [0.29, 0.717) is 22.4 Å². The fourth-order valence-electron chi connectivity index (χ4n) is 4.56. The minimum atomic E-state index is -3.13. The predicted octanol–water partition coefficient (Wildman–Crippen LogP) is 3.51. The van der Waals surface area contributed by atoms with Crippen LogP contribution in [0.5, 0.6) is 5.75 Å².